The monoisotopic (exact) mass is 310 g/mol. The van der Waals surface area contributed by atoms with Crippen molar-refractivity contribution in [1.29, 1.82) is 0 Å². The third-order valence-corrected chi connectivity index (χ3v) is 4.66. The molecule has 2 aromatic rings. The largest absolute Gasteiger partial charge is 0.334 e. The fourth-order valence-corrected chi connectivity index (χ4v) is 3.34. The Morgan fingerprint density at radius 2 is 2.40 bits per heavy atom. The van der Waals surface area contributed by atoms with Crippen LogP contribution in [0, 0.1) is 0 Å². The molecule has 7 heteroatoms. The first-order valence-corrected chi connectivity index (χ1v) is 7.81. The van der Waals surface area contributed by atoms with Crippen LogP contribution in [0.3, 0.4) is 0 Å². The zero-order chi connectivity index (χ0) is 14.1. The molecule has 0 saturated heterocycles. The number of rotatable bonds is 2. The number of amides is 2. The molecule has 0 spiro atoms. The van der Waals surface area contributed by atoms with Gasteiger partial charge in [-0.25, -0.2) is 9.78 Å². The summed E-state index contributed by atoms with van der Waals surface area (Å²) in [7, 11) is 0. The molecule has 3 rings (SSSR count). The van der Waals surface area contributed by atoms with Gasteiger partial charge in [-0.1, -0.05) is 11.6 Å². The van der Waals surface area contributed by atoms with Gasteiger partial charge < -0.3 is 14.8 Å². The highest BCUT2D eigenvalue weighted by atomic mass is 35.5. The molecule has 1 aliphatic heterocycles. The molecule has 2 aromatic heterocycles. The average Bonchev–Trinajstić information content (AvgIpc) is 3.04. The first kappa shape index (κ1) is 13.5. The van der Waals surface area contributed by atoms with Gasteiger partial charge in [-0.05, 0) is 6.92 Å². The number of imidazole rings is 1. The van der Waals surface area contributed by atoms with E-state index in [1.165, 1.54) is 17.0 Å². The molecule has 5 nitrogen and oxygen atoms in total. The summed E-state index contributed by atoms with van der Waals surface area (Å²) >= 11 is 7.46. The number of aromatic nitrogens is 2. The normalized spacial score (nSPS) is 14.2. The Bertz CT molecular complexity index is 636. The Labute approximate surface area is 126 Å². The number of halogens is 1. The lowest BCUT2D eigenvalue weighted by Crippen LogP contribution is -2.39. The van der Waals surface area contributed by atoms with Crippen molar-refractivity contribution >= 4 is 34.7 Å². The van der Waals surface area contributed by atoms with Gasteiger partial charge in [0.15, 0.2) is 0 Å². The second-order valence-corrected chi connectivity index (χ2v) is 5.81. The minimum absolute atomic E-state index is 0.123. The molecule has 0 saturated carbocycles. The van der Waals surface area contributed by atoms with E-state index >= 15 is 0 Å². The molecule has 0 aromatic carbocycles. The van der Waals surface area contributed by atoms with Crippen LogP contribution >= 0.6 is 22.9 Å². The summed E-state index contributed by atoms with van der Waals surface area (Å²) in [6.07, 6.45) is 2.69. The van der Waals surface area contributed by atoms with Crippen molar-refractivity contribution in [3.05, 3.63) is 33.5 Å². The highest BCUT2D eigenvalue weighted by Gasteiger charge is 2.24. The van der Waals surface area contributed by atoms with Crippen LogP contribution in [0.2, 0.25) is 5.02 Å². The van der Waals surface area contributed by atoms with Crippen LogP contribution in [0.1, 0.15) is 18.3 Å². The highest BCUT2D eigenvalue weighted by molar-refractivity contribution is 7.09. The fraction of sp³-hybridized carbons (Fsp3) is 0.385. The van der Waals surface area contributed by atoms with Crippen molar-refractivity contribution in [2.45, 2.75) is 26.4 Å². The van der Waals surface area contributed by atoms with Crippen LogP contribution < -0.4 is 5.32 Å². The van der Waals surface area contributed by atoms with Gasteiger partial charge in [-0.3, -0.25) is 0 Å². The molecular formula is C13H15ClN4OS. The summed E-state index contributed by atoms with van der Waals surface area (Å²) in [5, 5.41) is 7.06. The molecule has 0 unspecified atom stereocenters. The number of aryl methyl sites for hydroxylation is 1. The summed E-state index contributed by atoms with van der Waals surface area (Å²) in [5.41, 5.74) is 2.90. The second-order valence-electron chi connectivity index (χ2n) is 4.66. The smallest absolute Gasteiger partial charge is 0.322 e. The minimum atomic E-state index is -0.123. The maximum atomic E-state index is 12.2. The maximum Gasteiger partial charge on any atom is 0.322 e. The predicted molar refractivity (Wildman–Crippen MR) is 80.4 cm³/mol. The van der Waals surface area contributed by atoms with Crippen LogP contribution in [0.5, 0.6) is 0 Å². The number of nitrogens with zero attached hydrogens (tertiary/aromatic N) is 3. The molecule has 0 aliphatic carbocycles. The lowest BCUT2D eigenvalue weighted by atomic mass is 10.1. The Morgan fingerprint density at radius 3 is 3.10 bits per heavy atom. The molecule has 106 valence electrons. The van der Waals surface area contributed by atoms with Gasteiger partial charge in [0.1, 0.15) is 0 Å². The van der Waals surface area contributed by atoms with E-state index in [2.05, 4.69) is 21.8 Å². The summed E-state index contributed by atoms with van der Waals surface area (Å²) in [4.78, 5) is 18.4. The van der Waals surface area contributed by atoms with Gasteiger partial charge in [-0.15, -0.1) is 11.3 Å². The van der Waals surface area contributed by atoms with Crippen LogP contribution in [0.25, 0.3) is 0 Å². The van der Waals surface area contributed by atoms with Gasteiger partial charge in [0.25, 0.3) is 0 Å². The number of nitrogens with one attached hydrogen (secondary N) is 1. The summed E-state index contributed by atoms with van der Waals surface area (Å²) < 4.78 is 2.14. The predicted octanol–water partition coefficient (Wildman–Crippen LogP) is 3.21. The van der Waals surface area contributed by atoms with E-state index in [0.29, 0.717) is 23.8 Å². The number of hydrogen-bond acceptors (Lipinski definition) is 3. The van der Waals surface area contributed by atoms with Crippen LogP contribution in [-0.4, -0.2) is 27.0 Å². The van der Waals surface area contributed by atoms with Crippen molar-refractivity contribution < 1.29 is 4.79 Å². The van der Waals surface area contributed by atoms with E-state index < -0.39 is 0 Å². The first-order valence-electron chi connectivity index (χ1n) is 6.49. The number of anilines is 1. The number of hydrogen-bond donors (Lipinski definition) is 1. The van der Waals surface area contributed by atoms with Crippen molar-refractivity contribution in [2.24, 2.45) is 0 Å². The van der Waals surface area contributed by atoms with Gasteiger partial charge >= 0.3 is 6.03 Å². The molecule has 0 bridgehead atoms. The Hall–Kier alpha value is -1.53. The van der Waals surface area contributed by atoms with E-state index in [-0.39, 0.29) is 6.03 Å². The first-order chi connectivity index (χ1) is 9.69. The molecule has 0 atom stereocenters. The quantitative estimate of drug-likeness (QED) is 0.926. The standard InChI is InChI=1S/C13H15ClN4OS/c1-2-17-8-15-10-5-18(4-3-12(10)17)13(19)16-11-7-20-6-9(11)14/h6-8H,2-5H2,1H3,(H,16,19). The maximum absolute atomic E-state index is 12.2. The van der Waals surface area contributed by atoms with E-state index in [4.69, 9.17) is 11.6 Å². The van der Waals surface area contributed by atoms with Crippen LogP contribution in [0.4, 0.5) is 10.5 Å². The fourth-order valence-electron chi connectivity index (χ4n) is 2.38. The van der Waals surface area contributed by atoms with Gasteiger partial charge in [0.2, 0.25) is 0 Å². The average molecular weight is 311 g/mol. The third kappa shape index (κ3) is 2.41. The molecule has 1 aliphatic rings. The molecular weight excluding hydrogens is 296 g/mol. The van der Waals surface area contributed by atoms with Crippen molar-refractivity contribution in [3.8, 4) is 0 Å². The highest BCUT2D eigenvalue weighted by Crippen LogP contribution is 2.27. The number of carbonyl (C=O) groups excluding carboxylic acids is 1. The van der Waals surface area contributed by atoms with E-state index in [0.717, 1.165) is 18.7 Å². The van der Waals surface area contributed by atoms with Crippen molar-refractivity contribution in [1.82, 2.24) is 14.5 Å². The Balaban J connectivity index is 1.70. The summed E-state index contributed by atoms with van der Waals surface area (Å²) in [6, 6.07) is -0.123. The van der Waals surface area contributed by atoms with Crippen molar-refractivity contribution in [2.75, 3.05) is 11.9 Å². The van der Waals surface area contributed by atoms with Crippen LogP contribution in [0.15, 0.2) is 17.1 Å². The number of thiophene rings is 1. The summed E-state index contributed by atoms with van der Waals surface area (Å²) in [6.45, 7) is 4.26. The number of carbonyl (C=O) groups is 1. The molecule has 0 fully saturated rings. The second kappa shape index (κ2) is 5.46. The Morgan fingerprint density at radius 1 is 1.55 bits per heavy atom. The SMILES string of the molecule is CCn1cnc2c1CCN(C(=O)Nc1cscc1Cl)C2. The molecule has 3 heterocycles. The Kier molecular flexibility index (Phi) is 3.67. The lowest BCUT2D eigenvalue weighted by molar-refractivity contribution is 0.205. The molecule has 0 radical (unpaired) electrons. The molecule has 20 heavy (non-hydrogen) atoms. The topological polar surface area (TPSA) is 50.2 Å². The molecule has 1 N–H and O–H groups in total. The van der Waals surface area contributed by atoms with E-state index in [9.17, 15) is 4.79 Å². The van der Waals surface area contributed by atoms with E-state index in [1.54, 1.807) is 10.3 Å². The zero-order valence-electron chi connectivity index (χ0n) is 11.1. The number of urea groups is 1. The zero-order valence-corrected chi connectivity index (χ0v) is 12.7. The molecule has 2 amide bonds. The van der Waals surface area contributed by atoms with Gasteiger partial charge in [0, 0.05) is 36.0 Å². The van der Waals surface area contributed by atoms with Crippen LogP contribution in [-0.2, 0) is 19.5 Å². The van der Waals surface area contributed by atoms with Gasteiger partial charge in [-0.2, -0.15) is 0 Å². The number of fused-ring (bicyclic) bond motifs is 1. The van der Waals surface area contributed by atoms with E-state index in [1.807, 2.05) is 11.7 Å². The van der Waals surface area contributed by atoms with Gasteiger partial charge in [0.05, 0.1) is 29.3 Å². The summed E-state index contributed by atoms with van der Waals surface area (Å²) in [5.74, 6) is 0. The minimum Gasteiger partial charge on any atom is -0.334 e. The van der Waals surface area contributed by atoms with Crippen molar-refractivity contribution in [3.63, 3.8) is 0 Å². The lowest BCUT2D eigenvalue weighted by Gasteiger charge is -2.27. The third-order valence-electron chi connectivity index (χ3n) is 3.48.